The average molecular weight is 1330 g/mol. The fraction of sp³-hybridized carbons (Fsp3) is 0.848. The van der Waals surface area contributed by atoms with E-state index in [-0.39, 0.29) is 34.2 Å². The van der Waals surface area contributed by atoms with E-state index >= 15 is 0 Å². The lowest BCUT2D eigenvalue weighted by Crippen LogP contribution is -2.72. The highest BCUT2D eigenvalue weighted by Gasteiger charge is 2.73. The smallest absolute Gasteiger partial charge is 0.335 e. The molecule has 4 heterocycles. The lowest BCUT2D eigenvalue weighted by molar-refractivity contribution is -0.374. The van der Waals surface area contributed by atoms with Gasteiger partial charge >= 0.3 is 23.9 Å². The predicted molar refractivity (Wildman–Crippen MR) is 323 cm³/mol. The van der Waals surface area contributed by atoms with E-state index in [4.69, 9.17) is 52.1 Å². The number of carboxylic acid groups (broad SMARTS) is 1. The monoisotopic (exact) mass is 1330 g/mol. The number of aliphatic hydroxyl groups is 11. The summed E-state index contributed by atoms with van der Waals surface area (Å²) in [5.74, 6) is -2.75. The van der Waals surface area contributed by atoms with Crippen molar-refractivity contribution >= 4 is 23.9 Å². The van der Waals surface area contributed by atoms with Crippen molar-refractivity contribution in [2.24, 2.45) is 50.2 Å². The summed E-state index contributed by atoms with van der Waals surface area (Å²) in [5.41, 5.74) is -0.283. The summed E-state index contributed by atoms with van der Waals surface area (Å²) in [5, 5.41) is 127. The minimum Gasteiger partial charge on any atom is -0.479 e. The second-order valence-electron chi connectivity index (χ2n) is 29.5. The van der Waals surface area contributed by atoms with Crippen molar-refractivity contribution in [1.82, 2.24) is 0 Å². The first-order valence-corrected chi connectivity index (χ1v) is 32.6. The third-order valence-electron chi connectivity index (χ3n) is 23.3. The molecule has 10 unspecified atom stereocenters. The Morgan fingerprint density at radius 3 is 1.71 bits per heavy atom. The van der Waals surface area contributed by atoms with Crippen LogP contribution in [0.15, 0.2) is 34.9 Å². The van der Waals surface area contributed by atoms with Gasteiger partial charge in [0.2, 0.25) is 0 Å². The van der Waals surface area contributed by atoms with Gasteiger partial charge < -0.3 is 113 Å². The normalized spacial score (nSPS) is 47.0. The molecular weight excluding hydrogens is 1220 g/mol. The fourth-order valence-electron chi connectivity index (χ4n) is 17.6. The SMILES string of the molecule is C/C=C(/C)C(=O)O[C@@H]1C(O)[C@H](O[C@H]2[C@H](O)[C@@]3(COC(C)=O)C(CC2(C)C)C2=CCC4[C@@]5(C)CCCC(C)(C)C5CC[C@@]4(C)[C@]2(C)C[C@H]3O)OC(C)[C@@H]1OC(=O)/C(C)=C\C.CO[C@@H]1OC(C(=O)O)[C@@H](O)[C@@H](O[C@@H]2O[C@@H](CO)C(O)[C@@H]2O)C1O[C@@H]1OC(CO)[C@H](O)[C@@H](O)C1O. The third kappa shape index (κ3) is 13.6. The van der Waals surface area contributed by atoms with Crippen molar-refractivity contribution < 1.29 is 133 Å². The van der Waals surface area contributed by atoms with Gasteiger partial charge in [0.05, 0.1) is 43.0 Å². The summed E-state index contributed by atoms with van der Waals surface area (Å²) in [4.78, 5) is 50.3. The van der Waals surface area contributed by atoms with E-state index in [1.807, 2.05) is 13.8 Å². The lowest BCUT2D eigenvalue weighted by atomic mass is 9.33. The van der Waals surface area contributed by atoms with E-state index in [0.29, 0.717) is 35.8 Å². The molecule has 4 saturated carbocycles. The van der Waals surface area contributed by atoms with Crippen LogP contribution >= 0.6 is 0 Å². The number of hydrogen-bond donors (Lipinski definition) is 12. The fourth-order valence-corrected chi connectivity index (χ4v) is 17.6. The largest absolute Gasteiger partial charge is 0.479 e. The van der Waals surface area contributed by atoms with Crippen LogP contribution in [0.3, 0.4) is 0 Å². The molecule has 530 valence electrons. The number of carbonyl (C=O) groups excluding carboxylic acids is 3. The number of fused-ring (bicyclic) bond motifs is 7. The van der Waals surface area contributed by atoms with Crippen molar-refractivity contribution in [3.63, 3.8) is 0 Å². The topological polar surface area (TPSA) is 413 Å². The van der Waals surface area contributed by atoms with Gasteiger partial charge in [0.25, 0.3) is 0 Å². The maximum Gasteiger partial charge on any atom is 0.335 e. The predicted octanol–water partition coefficient (Wildman–Crippen LogP) is 1.35. The van der Waals surface area contributed by atoms with Crippen LogP contribution in [0, 0.1) is 50.2 Å². The molecule has 27 heteroatoms. The van der Waals surface area contributed by atoms with E-state index in [1.54, 1.807) is 46.8 Å². The molecule has 0 spiro atoms. The van der Waals surface area contributed by atoms with Crippen LogP contribution in [-0.2, 0) is 71.3 Å². The van der Waals surface area contributed by atoms with Gasteiger partial charge in [-0.1, -0.05) is 78.7 Å². The first-order valence-electron chi connectivity index (χ1n) is 32.6. The van der Waals surface area contributed by atoms with E-state index in [2.05, 4.69) is 40.7 Å². The van der Waals surface area contributed by atoms with Crippen LogP contribution in [0.1, 0.15) is 141 Å². The zero-order chi connectivity index (χ0) is 69.2. The number of hydrogen-bond acceptors (Lipinski definition) is 26. The second kappa shape index (κ2) is 28.7. The standard InChI is InChI=1S/C48H74O11.C18H30O16/c1-14-26(3)40(53)57-36-28(5)56-42(35(51)37(36)58-41(54)27(4)15-2)59-39-38(52)48(25-55-29(6)49)31(23-44(39,9)10)30-17-18-33-45(11)21-16-20-43(7,8)32(45)19-22-46(33,12)47(30,13)24-34(48)50;1-29-18-14(34-17-10(25)8(23)6(21)4(2-19)30-17)12(11(26)13(33-18)15(27)28)32-16-9(24)7(22)5(3-20)31-16/h14-15,17,28,31-39,42,50-52H,16,18-25H2,1-13H3;4-14,16-26H,2-3H2,1H3,(H,27,28)/b26-14-,27-15-;/t28?,31?,32?,33?,34-,35?,36+,37-,38+,39+,42+,45+,46-,47-,48+;4?,5-,6-,7?,8+,9-,10?,11-,12+,13?,14?,16-,17-,18+/m10/s1. The van der Waals surface area contributed by atoms with Gasteiger partial charge in [-0.05, 0) is 124 Å². The number of aliphatic hydroxyl groups excluding tert-OH is 11. The number of esters is 3. The second-order valence-corrected chi connectivity index (χ2v) is 29.5. The number of allylic oxidation sites excluding steroid dienone is 4. The molecule has 12 N–H and O–H groups in total. The molecule has 4 aliphatic heterocycles. The average Bonchev–Trinajstić information content (AvgIpc) is 0.905. The number of rotatable bonds is 16. The Morgan fingerprint density at radius 1 is 0.613 bits per heavy atom. The van der Waals surface area contributed by atoms with E-state index < -0.39 is 183 Å². The molecular formula is C66H104O27. The maximum absolute atomic E-state index is 13.1. The van der Waals surface area contributed by atoms with Crippen LogP contribution in [0.5, 0.6) is 0 Å². The highest BCUT2D eigenvalue weighted by Crippen LogP contribution is 2.76. The van der Waals surface area contributed by atoms with E-state index in [1.165, 1.54) is 31.8 Å². The molecule has 8 fully saturated rings. The molecule has 93 heavy (non-hydrogen) atoms. The summed E-state index contributed by atoms with van der Waals surface area (Å²) in [6.07, 6.45) is -20.1. The van der Waals surface area contributed by atoms with Gasteiger partial charge in [0, 0.05) is 25.2 Å². The molecule has 9 aliphatic rings. The Labute approximate surface area is 543 Å². The summed E-state index contributed by atoms with van der Waals surface area (Å²) in [6.45, 7) is 24.2. The van der Waals surface area contributed by atoms with Crippen molar-refractivity contribution in [3.8, 4) is 0 Å². The lowest BCUT2D eigenvalue weighted by Gasteiger charge is -2.72. The van der Waals surface area contributed by atoms with E-state index in [0.717, 1.165) is 26.4 Å². The summed E-state index contributed by atoms with van der Waals surface area (Å²) < 4.78 is 62.3. The minimum absolute atomic E-state index is 0.105. The van der Waals surface area contributed by atoms with Gasteiger partial charge in [0.1, 0.15) is 73.8 Å². The molecule has 0 aromatic carbocycles. The molecule has 0 aromatic rings. The maximum atomic E-state index is 13.1. The zero-order valence-electron chi connectivity index (χ0n) is 55.9. The third-order valence-corrected chi connectivity index (χ3v) is 23.3. The van der Waals surface area contributed by atoms with Gasteiger partial charge in [-0.3, -0.25) is 4.79 Å². The van der Waals surface area contributed by atoms with Gasteiger partial charge in [-0.2, -0.15) is 0 Å². The van der Waals surface area contributed by atoms with Crippen molar-refractivity contribution in [2.45, 2.75) is 276 Å². The molecule has 29 atom stereocenters. The quantitative estimate of drug-likeness (QED) is 0.0341. The Kier molecular flexibility index (Phi) is 23.1. The molecule has 0 aromatic heterocycles. The molecule has 0 bridgehead atoms. The molecule has 27 nitrogen and oxygen atoms in total. The zero-order valence-corrected chi connectivity index (χ0v) is 55.9. The highest BCUT2D eigenvalue weighted by atomic mass is 16.8. The summed E-state index contributed by atoms with van der Waals surface area (Å²) in [7, 11) is 1.11. The van der Waals surface area contributed by atoms with Crippen LogP contribution < -0.4 is 0 Å². The number of methoxy groups -OCH3 is 1. The highest BCUT2D eigenvalue weighted by molar-refractivity contribution is 5.88. The van der Waals surface area contributed by atoms with Crippen molar-refractivity contribution in [2.75, 3.05) is 26.9 Å². The summed E-state index contributed by atoms with van der Waals surface area (Å²) >= 11 is 0. The minimum atomic E-state index is -1.97. The Bertz CT molecular complexity index is 2750. The Hall–Kier alpha value is -3.66. The van der Waals surface area contributed by atoms with Gasteiger partial charge in [-0.25, -0.2) is 14.4 Å². The Morgan fingerprint density at radius 2 is 1.16 bits per heavy atom. The Balaban J connectivity index is 0.000000277. The summed E-state index contributed by atoms with van der Waals surface area (Å²) in [6, 6.07) is 0. The molecule has 0 radical (unpaired) electrons. The first kappa shape index (κ1) is 75.1. The first-order chi connectivity index (χ1) is 43.4. The molecule has 0 amide bonds. The number of carbonyl (C=O) groups is 4. The number of carboxylic acids is 1. The van der Waals surface area contributed by atoms with Crippen LogP contribution in [-0.4, -0.2) is 247 Å². The number of aliphatic carboxylic acids is 1. The molecule has 5 aliphatic carbocycles. The van der Waals surface area contributed by atoms with Crippen LogP contribution in [0.2, 0.25) is 0 Å². The van der Waals surface area contributed by atoms with Gasteiger partial charge in [-0.15, -0.1) is 0 Å². The molecule has 4 saturated heterocycles. The van der Waals surface area contributed by atoms with Gasteiger partial charge in [0.15, 0.2) is 43.5 Å². The van der Waals surface area contributed by atoms with Crippen molar-refractivity contribution in [1.29, 1.82) is 0 Å². The molecule has 9 rings (SSSR count). The van der Waals surface area contributed by atoms with Crippen molar-refractivity contribution in [3.05, 3.63) is 34.9 Å². The van der Waals surface area contributed by atoms with E-state index in [9.17, 15) is 80.5 Å². The van der Waals surface area contributed by atoms with Crippen LogP contribution in [0.4, 0.5) is 0 Å². The number of ether oxygens (including phenoxy) is 11. The van der Waals surface area contributed by atoms with Crippen LogP contribution in [0.25, 0.3) is 0 Å².